The number of carbonyl (C=O) groups excluding carboxylic acids is 2. The van der Waals surface area contributed by atoms with Crippen molar-refractivity contribution < 1.29 is 14.0 Å². The van der Waals surface area contributed by atoms with Gasteiger partial charge in [-0.25, -0.2) is 4.98 Å². The Bertz CT molecular complexity index is 932. The van der Waals surface area contributed by atoms with E-state index in [4.69, 9.17) is 10.2 Å². The van der Waals surface area contributed by atoms with Crippen molar-refractivity contribution in [3.05, 3.63) is 77.2 Å². The van der Waals surface area contributed by atoms with Gasteiger partial charge in [0, 0.05) is 17.7 Å². The van der Waals surface area contributed by atoms with Crippen LogP contribution in [0.3, 0.4) is 0 Å². The predicted octanol–water partition coefficient (Wildman–Crippen LogP) is 2.61. The number of nitrogens with one attached hydrogen (secondary N) is 1. The predicted molar refractivity (Wildman–Crippen MR) is 97.2 cm³/mol. The monoisotopic (exact) mass is 349 g/mol. The second kappa shape index (κ2) is 7.65. The van der Waals surface area contributed by atoms with E-state index in [2.05, 4.69) is 10.3 Å². The summed E-state index contributed by atoms with van der Waals surface area (Å²) in [4.78, 5) is 27.8. The minimum absolute atomic E-state index is 0.123. The first kappa shape index (κ1) is 17.4. The first-order chi connectivity index (χ1) is 12.5. The number of aromatic nitrogens is 1. The molecule has 3 aromatic rings. The van der Waals surface area contributed by atoms with Crippen molar-refractivity contribution >= 4 is 11.8 Å². The van der Waals surface area contributed by atoms with Gasteiger partial charge in [-0.1, -0.05) is 30.3 Å². The molecule has 0 atom stereocenters. The number of primary amides is 1. The van der Waals surface area contributed by atoms with E-state index < -0.39 is 5.91 Å². The van der Waals surface area contributed by atoms with Crippen LogP contribution in [0, 0.1) is 6.92 Å². The summed E-state index contributed by atoms with van der Waals surface area (Å²) in [5.41, 5.74) is 7.95. The van der Waals surface area contributed by atoms with Crippen molar-refractivity contribution in [2.75, 3.05) is 0 Å². The number of hydrogen-bond acceptors (Lipinski definition) is 4. The maximum absolute atomic E-state index is 12.2. The third-order valence-corrected chi connectivity index (χ3v) is 3.94. The molecule has 2 amide bonds. The summed E-state index contributed by atoms with van der Waals surface area (Å²) in [6.07, 6.45) is 0.123. The molecule has 0 saturated heterocycles. The Morgan fingerprint density at radius 1 is 1.12 bits per heavy atom. The highest BCUT2D eigenvalue weighted by Crippen LogP contribution is 2.21. The van der Waals surface area contributed by atoms with Crippen molar-refractivity contribution in [3.63, 3.8) is 0 Å². The lowest BCUT2D eigenvalue weighted by molar-refractivity contribution is -0.120. The van der Waals surface area contributed by atoms with Gasteiger partial charge >= 0.3 is 0 Å². The molecular formula is C20H19N3O3. The Morgan fingerprint density at radius 2 is 1.88 bits per heavy atom. The average Bonchev–Trinajstić information content (AvgIpc) is 3.01. The van der Waals surface area contributed by atoms with E-state index in [9.17, 15) is 9.59 Å². The summed E-state index contributed by atoms with van der Waals surface area (Å²) in [6, 6.07) is 16.4. The van der Waals surface area contributed by atoms with Gasteiger partial charge in [0.2, 0.25) is 17.7 Å². The van der Waals surface area contributed by atoms with E-state index in [1.165, 1.54) is 0 Å². The maximum Gasteiger partial charge on any atom is 0.248 e. The second-order valence-electron chi connectivity index (χ2n) is 5.91. The lowest BCUT2D eigenvalue weighted by atomic mass is 10.1. The van der Waals surface area contributed by atoms with E-state index in [-0.39, 0.29) is 12.3 Å². The molecule has 3 N–H and O–H groups in total. The summed E-state index contributed by atoms with van der Waals surface area (Å²) >= 11 is 0. The third kappa shape index (κ3) is 4.16. The third-order valence-electron chi connectivity index (χ3n) is 3.94. The van der Waals surface area contributed by atoms with Crippen molar-refractivity contribution in [1.29, 1.82) is 0 Å². The number of amides is 2. The molecule has 0 aliphatic carbocycles. The highest BCUT2D eigenvalue weighted by atomic mass is 16.4. The van der Waals surface area contributed by atoms with E-state index in [1.54, 1.807) is 25.1 Å². The van der Waals surface area contributed by atoms with Crippen molar-refractivity contribution in [1.82, 2.24) is 10.3 Å². The van der Waals surface area contributed by atoms with Crippen molar-refractivity contribution in [2.45, 2.75) is 19.9 Å². The maximum atomic E-state index is 12.2. The van der Waals surface area contributed by atoms with Gasteiger partial charge in [-0.2, -0.15) is 0 Å². The van der Waals surface area contributed by atoms with Gasteiger partial charge in [0.15, 0.2) is 0 Å². The summed E-state index contributed by atoms with van der Waals surface area (Å²) in [7, 11) is 0. The Kier molecular flexibility index (Phi) is 5.12. The SMILES string of the molecule is Cc1oc(-c2ccccc2)nc1CC(=O)NCc1cccc(C(N)=O)c1. The summed E-state index contributed by atoms with van der Waals surface area (Å²) in [5, 5.41) is 2.82. The lowest BCUT2D eigenvalue weighted by Gasteiger charge is -2.05. The first-order valence-electron chi connectivity index (χ1n) is 8.20. The molecule has 1 aromatic heterocycles. The van der Waals surface area contributed by atoms with Crippen LogP contribution in [0.25, 0.3) is 11.5 Å². The molecule has 26 heavy (non-hydrogen) atoms. The molecule has 0 aliphatic rings. The molecule has 0 aliphatic heterocycles. The summed E-state index contributed by atoms with van der Waals surface area (Å²) < 4.78 is 5.66. The molecule has 0 saturated carbocycles. The van der Waals surface area contributed by atoms with E-state index in [1.807, 2.05) is 36.4 Å². The Morgan fingerprint density at radius 3 is 2.62 bits per heavy atom. The van der Waals surface area contributed by atoms with E-state index >= 15 is 0 Å². The minimum Gasteiger partial charge on any atom is -0.441 e. The van der Waals surface area contributed by atoms with Crippen LogP contribution in [0.2, 0.25) is 0 Å². The van der Waals surface area contributed by atoms with Gasteiger partial charge in [0.05, 0.1) is 12.1 Å². The first-order valence-corrected chi connectivity index (χ1v) is 8.20. The summed E-state index contributed by atoms with van der Waals surface area (Å²) in [5.74, 6) is 0.449. The molecule has 0 bridgehead atoms. The molecule has 6 heteroatoms. The fourth-order valence-corrected chi connectivity index (χ4v) is 2.55. The Labute approximate surface area is 151 Å². The van der Waals surface area contributed by atoms with Crippen LogP contribution in [-0.4, -0.2) is 16.8 Å². The highest BCUT2D eigenvalue weighted by Gasteiger charge is 2.14. The molecule has 2 aromatic carbocycles. The van der Waals surface area contributed by atoms with Gasteiger partial charge in [-0.3, -0.25) is 9.59 Å². The van der Waals surface area contributed by atoms with Crippen molar-refractivity contribution in [3.8, 4) is 11.5 Å². The van der Waals surface area contributed by atoms with Gasteiger partial charge in [-0.15, -0.1) is 0 Å². The number of nitrogens with zero attached hydrogens (tertiary/aromatic N) is 1. The average molecular weight is 349 g/mol. The minimum atomic E-state index is -0.496. The second-order valence-corrected chi connectivity index (χ2v) is 5.91. The molecule has 1 heterocycles. The van der Waals surface area contributed by atoms with Crippen LogP contribution >= 0.6 is 0 Å². The highest BCUT2D eigenvalue weighted by molar-refractivity contribution is 5.92. The van der Waals surface area contributed by atoms with Crippen LogP contribution in [-0.2, 0) is 17.8 Å². The van der Waals surface area contributed by atoms with Crippen LogP contribution in [0.4, 0.5) is 0 Å². The summed E-state index contributed by atoms with van der Waals surface area (Å²) in [6.45, 7) is 2.10. The number of nitrogens with two attached hydrogens (primary N) is 1. The van der Waals surface area contributed by atoms with Crippen LogP contribution < -0.4 is 11.1 Å². The number of carbonyl (C=O) groups is 2. The van der Waals surface area contributed by atoms with Gasteiger partial charge in [0.1, 0.15) is 5.76 Å². The molecule has 6 nitrogen and oxygen atoms in total. The zero-order chi connectivity index (χ0) is 18.5. The standard InChI is InChI=1S/C20H19N3O3/c1-13-17(23-20(26-13)15-7-3-2-4-8-15)11-18(24)22-12-14-6-5-9-16(10-14)19(21)25/h2-10H,11-12H2,1H3,(H2,21,25)(H,22,24). The van der Waals surface area contributed by atoms with E-state index in [0.29, 0.717) is 29.5 Å². The lowest BCUT2D eigenvalue weighted by Crippen LogP contribution is -2.25. The van der Waals surface area contributed by atoms with Gasteiger partial charge in [-0.05, 0) is 36.8 Å². The molecule has 0 radical (unpaired) electrons. The number of hydrogen-bond donors (Lipinski definition) is 2. The quantitative estimate of drug-likeness (QED) is 0.714. The van der Waals surface area contributed by atoms with Crippen molar-refractivity contribution in [2.24, 2.45) is 5.73 Å². The van der Waals surface area contributed by atoms with Crippen LogP contribution in [0.15, 0.2) is 59.0 Å². The fourth-order valence-electron chi connectivity index (χ4n) is 2.55. The van der Waals surface area contributed by atoms with Gasteiger partial charge < -0.3 is 15.5 Å². The fraction of sp³-hybridized carbons (Fsp3) is 0.150. The smallest absolute Gasteiger partial charge is 0.248 e. The Balaban J connectivity index is 1.63. The zero-order valence-corrected chi connectivity index (χ0v) is 14.4. The van der Waals surface area contributed by atoms with Gasteiger partial charge in [0.25, 0.3) is 0 Å². The molecular weight excluding hydrogens is 330 g/mol. The molecule has 3 rings (SSSR count). The van der Waals surface area contributed by atoms with Crippen LogP contribution in [0.1, 0.15) is 27.4 Å². The number of benzene rings is 2. The largest absolute Gasteiger partial charge is 0.441 e. The molecule has 0 spiro atoms. The molecule has 0 fully saturated rings. The number of oxazole rings is 1. The Hall–Kier alpha value is -3.41. The normalized spacial score (nSPS) is 10.5. The topological polar surface area (TPSA) is 98.2 Å². The molecule has 132 valence electrons. The molecule has 0 unspecified atom stereocenters. The number of rotatable bonds is 6. The van der Waals surface area contributed by atoms with E-state index in [0.717, 1.165) is 11.1 Å². The zero-order valence-electron chi connectivity index (χ0n) is 14.4. The van der Waals surface area contributed by atoms with Crippen LogP contribution in [0.5, 0.6) is 0 Å². The number of aryl methyl sites for hydroxylation is 1.